The molecule has 6 nitrogen and oxygen atoms in total. The van der Waals surface area contributed by atoms with Crippen LogP contribution in [0.25, 0.3) is 0 Å². The van der Waals surface area contributed by atoms with Gasteiger partial charge in [-0.25, -0.2) is 4.79 Å². The maximum Gasteiger partial charge on any atom is 0.318 e. The van der Waals surface area contributed by atoms with Gasteiger partial charge < -0.3 is 21.7 Å². The van der Waals surface area contributed by atoms with Gasteiger partial charge in [0.25, 0.3) is 0 Å². The van der Waals surface area contributed by atoms with Gasteiger partial charge in [0.1, 0.15) is 0 Å². The molecule has 0 bridgehead atoms. The van der Waals surface area contributed by atoms with Crippen molar-refractivity contribution in [2.24, 2.45) is 11.1 Å². The zero-order valence-electron chi connectivity index (χ0n) is 12.2. The van der Waals surface area contributed by atoms with Crippen LogP contribution in [0.15, 0.2) is 24.3 Å². The largest absolute Gasteiger partial charge is 0.341 e. The van der Waals surface area contributed by atoms with E-state index in [-0.39, 0.29) is 11.9 Å². The normalized spacial score (nSPS) is 16.3. The monoisotopic (exact) mass is 290 g/mol. The molecular weight excluding hydrogens is 268 g/mol. The molecule has 1 aliphatic carbocycles. The SMILES string of the molecule is CNC(=O)Nc1ccc(NC(=O)C2(CN)CCCC2)cc1. The average molecular weight is 290 g/mol. The number of benzene rings is 1. The van der Waals surface area contributed by atoms with E-state index in [0.717, 1.165) is 25.7 Å². The molecule has 114 valence electrons. The van der Waals surface area contributed by atoms with E-state index in [1.807, 2.05) is 0 Å². The predicted octanol–water partition coefficient (Wildman–Crippen LogP) is 1.90. The molecule has 0 heterocycles. The Morgan fingerprint density at radius 2 is 1.62 bits per heavy atom. The van der Waals surface area contributed by atoms with Gasteiger partial charge in [0, 0.05) is 25.0 Å². The Bertz CT molecular complexity index is 507. The van der Waals surface area contributed by atoms with Gasteiger partial charge >= 0.3 is 6.03 Å². The molecule has 0 saturated heterocycles. The summed E-state index contributed by atoms with van der Waals surface area (Å²) in [7, 11) is 1.55. The van der Waals surface area contributed by atoms with Gasteiger partial charge in [0.05, 0.1) is 5.41 Å². The Hall–Kier alpha value is -2.08. The van der Waals surface area contributed by atoms with Crippen LogP contribution in [-0.4, -0.2) is 25.5 Å². The molecule has 0 radical (unpaired) electrons. The van der Waals surface area contributed by atoms with E-state index in [2.05, 4.69) is 16.0 Å². The minimum absolute atomic E-state index is 0.00508. The molecule has 1 aromatic rings. The van der Waals surface area contributed by atoms with Gasteiger partial charge in [-0.15, -0.1) is 0 Å². The molecule has 6 heteroatoms. The lowest BCUT2D eigenvalue weighted by atomic mass is 9.85. The summed E-state index contributed by atoms with van der Waals surface area (Å²) in [5, 5.41) is 8.06. The van der Waals surface area contributed by atoms with E-state index in [1.54, 1.807) is 31.3 Å². The summed E-state index contributed by atoms with van der Waals surface area (Å²) in [5.74, 6) is -0.00508. The van der Waals surface area contributed by atoms with Crippen molar-refractivity contribution in [3.05, 3.63) is 24.3 Å². The van der Waals surface area contributed by atoms with Crippen LogP contribution in [0.2, 0.25) is 0 Å². The number of urea groups is 1. The van der Waals surface area contributed by atoms with Crippen LogP contribution in [0.4, 0.5) is 16.2 Å². The summed E-state index contributed by atoms with van der Waals surface area (Å²) >= 11 is 0. The number of nitrogens with two attached hydrogens (primary N) is 1. The second kappa shape index (κ2) is 6.58. The maximum atomic E-state index is 12.4. The molecule has 1 saturated carbocycles. The lowest BCUT2D eigenvalue weighted by Gasteiger charge is -2.25. The van der Waals surface area contributed by atoms with E-state index < -0.39 is 5.41 Å². The van der Waals surface area contributed by atoms with Crippen LogP contribution in [0.1, 0.15) is 25.7 Å². The molecule has 1 aromatic carbocycles. The lowest BCUT2D eigenvalue weighted by molar-refractivity contribution is -0.124. The quantitative estimate of drug-likeness (QED) is 0.682. The van der Waals surface area contributed by atoms with Crippen LogP contribution in [0.5, 0.6) is 0 Å². The fraction of sp³-hybridized carbons (Fsp3) is 0.467. The zero-order valence-corrected chi connectivity index (χ0v) is 12.2. The third-order valence-electron chi connectivity index (χ3n) is 4.06. The molecule has 0 aliphatic heterocycles. The van der Waals surface area contributed by atoms with Gasteiger partial charge in [-0.2, -0.15) is 0 Å². The van der Waals surface area contributed by atoms with Crippen LogP contribution >= 0.6 is 0 Å². The molecule has 0 aromatic heterocycles. The second-order valence-corrected chi connectivity index (χ2v) is 5.43. The Labute approximate surface area is 124 Å². The number of carbonyl (C=O) groups is 2. The van der Waals surface area contributed by atoms with Crippen molar-refractivity contribution in [3.63, 3.8) is 0 Å². The zero-order chi connectivity index (χ0) is 15.3. The number of carbonyl (C=O) groups excluding carboxylic acids is 2. The van der Waals surface area contributed by atoms with Crippen LogP contribution in [0, 0.1) is 5.41 Å². The Balaban J connectivity index is 1.99. The number of nitrogens with one attached hydrogen (secondary N) is 3. The number of hydrogen-bond donors (Lipinski definition) is 4. The van der Waals surface area contributed by atoms with E-state index >= 15 is 0 Å². The molecule has 2 rings (SSSR count). The Kier molecular flexibility index (Phi) is 4.80. The minimum Gasteiger partial charge on any atom is -0.341 e. The van der Waals surface area contributed by atoms with Gasteiger partial charge in [-0.3, -0.25) is 4.79 Å². The first-order valence-electron chi connectivity index (χ1n) is 7.20. The van der Waals surface area contributed by atoms with Gasteiger partial charge in [0.2, 0.25) is 5.91 Å². The summed E-state index contributed by atoms with van der Waals surface area (Å²) in [6, 6.07) is 6.74. The predicted molar refractivity (Wildman–Crippen MR) is 83.1 cm³/mol. The van der Waals surface area contributed by atoms with E-state index in [4.69, 9.17) is 5.73 Å². The number of rotatable bonds is 4. The van der Waals surface area contributed by atoms with Crippen LogP contribution < -0.4 is 21.7 Å². The topological polar surface area (TPSA) is 96.2 Å². The number of amides is 3. The lowest BCUT2D eigenvalue weighted by Crippen LogP contribution is -2.40. The summed E-state index contributed by atoms with van der Waals surface area (Å²) in [6.07, 6.45) is 3.82. The highest BCUT2D eigenvalue weighted by molar-refractivity contribution is 5.96. The van der Waals surface area contributed by atoms with E-state index in [1.165, 1.54) is 0 Å². The van der Waals surface area contributed by atoms with E-state index in [9.17, 15) is 9.59 Å². The molecule has 0 unspecified atom stereocenters. The van der Waals surface area contributed by atoms with Crippen LogP contribution in [0.3, 0.4) is 0 Å². The smallest absolute Gasteiger partial charge is 0.318 e. The standard InChI is InChI=1S/C15H22N4O2/c1-17-14(21)19-12-6-4-11(5-7-12)18-13(20)15(10-16)8-2-3-9-15/h4-7H,2-3,8-10,16H2,1H3,(H,18,20)(H2,17,19,21). The molecule has 5 N–H and O–H groups in total. The molecular formula is C15H22N4O2. The van der Waals surface area contributed by atoms with Crippen molar-refractivity contribution < 1.29 is 9.59 Å². The highest BCUT2D eigenvalue weighted by atomic mass is 16.2. The van der Waals surface area contributed by atoms with E-state index in [0.29, 0.717) is 17.9 Å². The maximum absolute atomic E-state index is 12.4. The van der Waals surface area contributed by atoms with Crippen molar-refractivity contribution in [3.8, 4) is 0 Å². The van der Waals surface area contributed by atoms with Crippen molar-refractivity contribution in [2.75, 3.05) is 24.2 Å². The summed E-state index contributed by atoms with van der Waals surface area (Å²) in [5.41, 5.74) is 6.76. The number of hydrogen-bond acceptors (Lipinski definition) is 3. The Morgan fingerprint density at radius 1 is 1.10 bits per heavy atom. The molecule has 0 atom stereocenters. The molecule has 1 aliphatic rings. The van der Waals surface area contributed by atoms with Crippen molar-refractivity contribution in [1.29, 1.82) is 0 Å². The first kappa shape index (κ1) is 15.3. The third kappa shape index (κ3) is 3.52. The minimum atomic E-state index is -0.418. The van der Waals surface area contributed by atoms with Crippen molar-refractivity contribution in [1.82, 2.24) is 5.32 Å². The Morgan fingerprint density at radius 3 is 2.10 bits per heavy atom. The highest BCUT2D eigenvalue weighted by Gasteiger charge is 2.39. The average Bonchev–Trinajstić information content (AvgIpc) is 2.99. The van der Waals surface area contributed by atoms with Gasteiger partial charge in [-0.1, -0.05) is 12.8 Å². The molecule has 21 heavy (non-hydrogen) atoms. The first-order chi connectivity index (χ1) is 10.1. The highest BCUT2D eigenvalue weighted by Crippen LogP contribution is 2.38. The van der Waals surface area contributed by atoms with Gasteiger partial charge in [-0.05, 0) is 37.1 Å². The number of anilines is 2. The third-order valence-corrected chi connectivity index (χ3v) is 4.06. The van der Waals surface area contributed by atoms with Crippen molar-refractivity contribution >= 4 is 23.3 Å². The molecule has 3 amide bonds. The van der Waals surface area contributed by atoms with Gasteiger partial charge in [0.15, 0.2) is 0 Å². The summed E-state index contributed by atoms with van der Waals surface area (Å²) < 4.78 is 0. The van der Waals surface area contributed by atoms with Crippen molar-refractivity contribution in [2.45, 2.75) is 25.7 Å². The fourth-order valence-corrected chi connectivity index (χ4v) is 2.67. The molecule has 0 spiro atoms. The van der Waals surface area contributed by atoms with Crippen LogP contribution in [-0.2, 0) is 4.79 Å². The fourth-order valence-electron chi connectivity index (χ4n) is 2.67. The molecule has 1 fully saturated rings. The second-order valence-electron chi connectivity index (χ2n) is 5.43. The summed E-state index contributed by atoms with van der Waals surface area (Å²) in [6.45, 7) is 0.384. The first-order valence-corrected chi connectivity index (χ1v) is 7.20. The summed E-state index contributed by atoms with van der Waals surface area (Å²) in [4.78, 5) is 23.6.